The molecule has 0 fully saturated rings. The number of hydrogen-bond donors (Lipinski definition) is 2. The standard InChI is InChI=1S/C21H21N3O4S2/c1-29-10-9-14(24-20(27)11-5-2-3-6-12(11)21(24)28)18(26)23-19-16(17(22)25)13-7-4-8-15(13)30-19/h2-3,5-6,14H,4,7-10H2,1H3,(H2,22,25)(H,23,26)/t14-/m1/s1. The van der Waals surface area contributed by atoms with Gasteiger partial charge in [0.15, 0.2) is 0 Å². The number of thiophene rings is 1. The van der Waals surface area contributed by atoms with Gasteiger partial charge in [0.2, 0.25) is 5.91 Å². The van der Waals surface area contributed by atoms with Gasteiger partial charge in [-0.05, 0) is 55.4 Å². The van der Waals surface area contributed by atoms with Gasteiger partial charge >= 0.3 is 0 Å². The smallest absolute Gasteiger partial charge is 0.262 e. The van der Waals surface area contributed by atoms with E-state index in [-0.39, 0.29) is 0 Å². The highest BCUT2D eigenvalue weighted by molar-refractivity contribution is 7.98. The highest BCUT2D eigenvalue weighted by atomic mass is 32.2. The zero-order valence-electron chi connectivity index (χ0n) is 16.4. The van der Waals surface area contributed by atoms with E-state index in [1.807, 2.05) is 6.26 Å². The molecule has 0 spiro atoms. The minimum absolute atomic E-state index is 0.303. The van der Waals surface area contributed by atoms with E-state index in [0.717, 1.165) is 34.6 Å². The van der Waals surface area contributed by atoms with Gasteiger partial charge in [-0.25, -0.2) is 0 Å². The molecule has 4 rings (SSSR count). The molecule has 30 heavy (non-hydrogen) atoms. The molecule has 0 saturated heterocycles. The van der Waals surface area contributed by atoms with Gasteiger partial charge in [-0.1, -0.05) is 12.1 Å². The molecule has 0 bridgehead atoms. The molecular weight excluding hydrogens is 422 g/mol. The van der Waals surface area contributed by atoms with Crippen molar-refractivity contribution in [3.8, 4) is 0 Å². The normalized spacial score (nSPS) is 15.8. The number of benzene rings is 1. The van der Waals surface area contributed by atoms with Gasteiger partial charge in [-0.15, -0.1) is 11.3 Å². The third-order valence-electron chi connectivity index (χ3n) is 5.44. The second kappa shape index (κ2) is 8.23. The van der Waals surface area contributed by atoms with E-state index < -0.39 is 29.7 Å². The minimum atomic E-state index is -0.970. The maximum Gasteiger partial charge on any atom is 0.262 e. The summed E-state index contributed by atoms with van der Waals surface area (Å²) >= 11 is 2.88. The van der Waals surface area contributed by atoms with E-state index in [0.29, 0.717) is 33.9 Å². The summed E-state index contributed by atoms with van der Waals surface area (Å²) in [5.74, 6) is -1.41. The van der Waals surface area contributed by atoms with Crippen LogP contribution in [0.3, 0.4) is 0 Å². The molecule has 4 amide bonds. The van der Waals surface area contributed by atoms with Crippen LogP contribution in [0.25, 0.3) is 0 Å². The number of nitrogens with two attached hydrogens (primary N) is 1. The molecule has 1 aromatic heterocycles. The molecule has 0 unspecified atom stereocenters. The predicted octanol–water partition coefficient (Wildman–Crippen LogP) is 2.69. The summed E-state index contributed by atoms with van der Waals surface area (Å²) in [5, 5.41) is 3.20. The van der Waals surface area contributed by atoms with Crippen molar-refractivity contribution in [1.29, 1.82) is 0 Å². The highest BCUT2D eigenvalue weighted by Gasteiger charge is 2.42. The van der Waals surface area contributed by atoms with Crippen molar-refractivity contribution < 1.29 is 19.2 Å². The van der Waals surface area contributed by atoms with Crippen LogP contribution in [0.15, 0.2) is 24.3 Å². The maximum atomic E-state index is 13.2. The zero-order valence-corrected chi connectivity index (χ0v) is 18.0. The lowest BCUT2D eigenvalue weighted by atomic mass is 10.1. The molecule has 9 heteroatoms. The van der Waals surface area contributed by atoms with Crippen molar-refractivity contribution in [3.63, 3.8) is 0 Å². The monoisotopic (exact) mass is 443 g/mol. The largest absolute Gasteiger partial charge is 0.365 e. The summed E-state index contributed by atoms with van der Waals surface area (Å²) in [6.45, 7) is 0. The Morgan fingerprint density at radius 2 is 1.87 bits per heavy atom. The maximum absolute atomic E-state index is 13.2. The van der Waals surface area contributed by atoms with Gasteiger partial charge in [0.05, 0.1) is 16.7 Å². The first-order valence-electron chi connectivity index (χ1n) is 9.65. The van der Waals surface area contributed by atoms with Crippen LogP contribution < -0.4 is 11.1 Å². The number of aryl methyl sites for hydroxylation is 1. The first kappa shape index (κ1) is 20.6. The Morgan fingerprint density at radius 3 is 2.47 bits per heavy atom. The third kappa shape index (κ3) is 3.41. The average molecular weight is 444 g/mol. The lowest BCUT2D eigenvalue weighted by molar-refractivity contribution is -0.120. The van der Waals surface area contributed by atoms with Gasteiger partial charge in [-0.3, -0.25) is 24.1 Å². The quantitative estimate of drug-likeness (QED) is 0.640. The van der Waals surface area contributed by atoms with Crippen LogP contribution in [0.5, 0.6) is 0 Å². The van der Waals surface area contributed by atoms with Gasteiger partial charge in [0.1, 0.15) is 11.0 Å². The highest BCUT2D eigenvalue weighted by Crippen LogP contribution is 2.39. The molecule has 2 aromatic rings. The third-order valence-corrected chi connectivity index (χ3v) is 7.29. The number of hydrogen-bond acceptors (Lipinski definition) is 6. The topological polar surface area (TPSA) is 110 Å². The Morgan fingerprint density at radius 1 is 1.20 bits per heavy atom. The van der Waals surface area contributed by atoms with Gasteiger partial charge < -0.3 is 11.1 Å². The van der Waals surface area contributed by atoms with Crippen LogP contribution in [0.2, 0.25) is 0 Å². The zero-order chi connectivity index (χ0) is 21.4. The van der Waals surface area contributed by atoms with Gasteiger partial charge in [-0.2, -0.15) is 11.8 Å². The van der Waals surface area contributed by atoms with Crippen molar-refractivity contribution in [2.24, 2.45) is 5.73 Å². The van der Waals surface area contributed by atoms with Crippen molar-refractivity contribution in [2.75, 3.05) is 17.3 Å². The SMILES string of the molecule is CSCC[C@H](C(=O)Nc1sc2c(c1C(N)=O)CCC2)N1C(=O)c2ccccc2C1=O. The number of carbonyl (C=O) groups is 4. The molecule has 7 nitrogen and oxygen atoms in total. The van der Waals surface area contributed by atoms with Crippen LogP contribution in [0.1, 0.15) is 54.4 Å². The number of nitrogens with zero attached hydrogens (tertiary/aromatic N) is 1. The number of primary amides is 1. The van der Waals surface area contributed by atoms with Crippen LogP contribution in [-0.2, 0) is 17.6 Å². The first-order chi connectivity index (χ1) is 14.4. The summed E-state index contributed by atoms with van der Waals surface area (Å²) in [6, 6.07) is 5.60. The van der Waals surface area contributed by atoms with E-state index in [4.69, 9.17) is 5.73 Å². The van der Waals surface area contributed by atoms with E-state index in [1.54, 1.807) is 24.3 Å². The lowest BCUT2D eigenvalue weighted by Gasteiger charge is -2.25. The van der Waals surface area contributed by atoms with Crippen molar-refractivity contribution in [3.05, 3.63) is 51.4 Å². The number of nitrogens with one attached hydrogen (secondary N) is 1. The van der Waals surface area contributed by atoms with Gasteiger partial charge in [0, 0.05) is 4.88 Å². The molecule has 1 atom stereocenters. The van der Waals surface area contributed by atoms with E-state index in [1.165, 1.54) is 23.1 Å². The fraction of sp³-hybridized carbons (Fsp3) is 0.333. The summed E-state index contributed by atoms with van der Waals surface area (Å²) in [5.41, 5.74) is 7.45. The summed E-state index contributed by atoms with van der Waals surface area (Å²) in [6.07, 6.45) is 4.78. The first-order valence-corrected chi connectivity index (χ1v) is 11.9. The Kier molecular flexibility index (Phi) is 5.66. The van der Waals surface area contributed by atoms with Crippen LogP contribution >= 0.6 is 23.1 Å². The summed E-state index contributed by atoms with van der Waals surface area (Å²) < 4.78 is 0. The molecule has 2 aliphatic rings. The Bertz CT molecular complexity index is 1030. The fourth-order valence-corrected chi connectivity index (χ4v) is 5.80. The lowest BCUT2D eigenvalue weighted by Crippen LogP contribution is -2.47. The van der Waals surface area contributed by atoms with Gasteiger partial charge in [0.25, 0.3) is 17.7 Å². The minimum Gasteiger partial charge on any atom is -0.365 e. The van der Waals surface area contributed by atoms with E-state index in [2.05, 4.69) is 5.32 Å². The molecule has 3 N–H and O–H groups in total. The number of thioether (sulfide) groups is 1. The predicted molar refractivity (Wildman–Crippen MR) is 117 cm³/mol. The number of fused-ring (bicyclic) bond motifs is 2. The average Bonchev–Trinajstić information content (AvgIpc) is 3.36. The van der Waals surface area contributed by atoms with Crippen molar-refractivity contribution >= 4 is 51.7 Å². The van der Waals surface area contributed by atoms with Crippen molar-refractivity contribution in [2.45, 2.75) is 31.7 Å². The number of imide groups is 1. The molecule has 0 saturated carbocycles. The molecule has 1 aliphatic carbocycles. The van der Waals surface area contributed by atoms with E-state index >= 15 is 0 Å². The second-order valence-corrected chi connectivity index (χ2v) is 9.33. The molecule has 2 heterocycles. The molecule has 1 aliphatic heterocycles. The molecule has 0 radical (unpaired) electrons. The summed E-state index contributed by atoms with van der Waals surface area (Å²) in [4.78, 5) is 53.2. The van der Waals surface area contributed by atoms with Crippen molar-refractivity contribution in [1.82, 2.24) is 4.90 Å². The number of amides is 4. The number of rotatable bonds is 7. The Balaban J connectivity index is 1.64. The molecule has 156 valence electrons. The van der Waals surface area contributed by atoms with E-state index in [9.17, 15) is 19.2 Å². The van der Waals surface area contributed by atoms with Crippen LogP contribution in [0, 0.1) is 0 Å². The Hall–Kier alpha value is -2.65. The molecule has 1 aromatic carbocycles. The molecular formula is C21H21N3O4S2. The number of anilines is 1. The Labute approximate surface area is 182 Å². The summed E-state index contributed by atoms with van der Waals surface area (Å²) in [7, 11) is 0. The fourth-order valence-electron chi connectivity index (χ4n) is 4.05. The number of carbonyl (C=O) groups excluding carboxylic acids is 4. The van der Waals surface area contributed by atoms with Crippen LogP contribution in [0.4, 0.5) is 5.00 Å². The van der Waals surface area contributed by atoms with Crippen LogP contribution in [-0.4, -0.2) is 46.6 Å². The second-order valence-electron chi connectivity index (χ2n) is 7.24.